The summed E-state index contributed by atoms with van der Waals surface area (Å²) in [6.45, 7) is 1.75. The van der Waals surface area contributed by atoms with Gasteiger partial charge in [-0.15, -0.1) is 0 Å². The molecule has 0 spiro atoms. The van der Waals surface area contributed by atoms with E-state index in [1.165, 1.54) is 0 Å². The second kappa shape index (κ2) is 6.58. The highest BCUT2D eigenvalue weighted by atomic mass is 32.2. The molecule has 2 aliphatic heterocycles. The summed E-state index contributed by atoms with van der Waals surface area (Å²) < 4.78 is 11.0. The van der Waals surface area contributed by atoms with E-state index >= 15 is 0 Å². The summed E-state index contributed by atoms with van der Waals surface area (Å²) in [5.41, 5.74) is 2.15. The Hall–Kier alpha value is -0.300. The van der Waals surface area contributed by atoms with E-state index in [4.69, 9.17) is 15.3 Å². The van der Waals surface area contributed by atoms with Crippen molar-refractivity contribution >= 4 is 17.7 Å². The van der Waals surface area contributed by atoms with Gasteiger partial charge in [0.1, 0.15) is 6.10 Å². The Bertz CT molecular complexity index is 259. The minimum Gasteiger partial charge on any atom is -0.381 e. The quantitative estimate of drug-likeness (QED) is 0.436. The van der Waals surface area contributed by atoms with E-state index in [0.29, 0.717) is 5.25 Å². The third kappa shape index (κ3) is 3.84. The van der Waals surface area contributed by atoms with Crippen LogP contribution in [0.3, 0.4) is 0 Å². The van der Waals surface area contributed by atoms with E-state index in [1.54, 1.807) is 0 Å². The van der Waals surface area contributed by atoms with Crippen LogP contribution in [0.1, 0.15) is 25.7 Å². The van der Waals surface area contributed by atoms with Crippen molar-refractivity contribution in [2.24, 2.45) is 5.84 Å². The van der Waals surface area contributed by atoms with Crippen LogP contribution in [-0.4, -0.2) is 42.3 Å². The van der Waals surface area contributed by atoms with Gasteiger partial charge in [-0.1, -0.05) is 0 Å². The van der Waals surface area contributed by atoms with Crippen molar-refractivity contribution in [1.82, 2.24) is 5.43 Å². The van der Waals surface area contributed by atoms with Crippen molar-refractivity contribution in [3.63, 3.8) is 0 Å². The molecule has 2 fully saturated rings. The predicted molar refractivity (Wildman–Crippen MR) is 66.5 cm³/mol. The van der Waals surface area contributed by atoms with Crippen LogP contribution in [0.15, 0.2) is 0 Å². The number of rotatable bonds is 4. The molecule has 2 saturated heterocycles. The zero-order chi connectivity index (χ0) is 12.1. The summed E-state index contributed by atoms with van der Waals surface area (Å²) in [5.74, 6) is 5.86. The maximum Gasteiger partial charge on any atom is 0.263 e. The second-order valence-electron chi connectivity index (χ2n) is 4.48. The molecule has 0 aromatic carbocycles. The fourth-order valence-corrected chi connectivity index (χ4v) is 3.46. The number of ether oxygens (including phenoxy) is 2. The van der Waals surface area contributed by atoms with E-state index < -0.39 is 0 Å². The first-order valence-electron chi connectivity index (χ1n) is 6.15. The molecule has 0 saturated carbocycles. The number of carbonyl (C=O) groups excluding carboxylic acids is 1. The van der Waals surface area contributed by atoms with Gasteiger partial charge in [0.15, 0.2) is 0 Å². The second-order valence-corrected chi connectivity index (χ2v) is 5.81. The first-order valence-corrected chi connectivity index (χ1v) is 7.19. The maximum atomic E-state index is 11.3. The van der Waals surface area contributed by atoms with Crippen molar-refractivity contribution in [3.05, 3.63) is 0 Å². The Morgan fingerprint density at radius 1 is 1.29 bits per heavy atom. The zero-order valence-electron chi connectivity index (χ0n) is 9.89. The van der Waals surface area contributed by atoms with Gasteiger partial charge in [-0.05, 0) is 25.7 Å². The summed E-state index contributed by atoms with van der Waals surface area (Å²) in [4.78, 5) is 11.3. The van der Waals surface area contributed by atoms with Gasteiger partial charge in [0, 0.05) is 24.2 Å². The van der Waals surface area contributed by atoms with E-state index in [2.05, 4.69) is 5.43 Å². The molecule has 2 aliphatic rings. The Morgan fingerprint density at radius 3 is 2.76 bits per heavy atom. The largest absolute Gasteiger partial charge is 0.381 e. The molecule has 0 aliphatic carbocycles. The Morgan fingerprint density at radius 2 is 2.06 bits per heavy atom. The minimum atomic E-state index is -0.347. The normalized spacial score (nSPS) is 30.4. The summed E-state index contributed by atoms with van der Waals surface area (Å²) in [7, 11) is 0. The first-order chi connectivity index (χ1) is 8.29. The van der Waals surface area contributed by atoms with E-state index in [1.807, 2.05) is 11.8 Å². The fourth-order valence-electron chi connectivity index (χ4n) is 2.20. The number of amides is 1. The van der Waals surface area contributed by atoms with E-state index in [0.717, 1.165) is 44.6 Å². The number of nitrogens with one attached hydrogen (secondary N) is 1. The minimum absolute atomic E-state index is 0.199. The molecule has 3 N–H and O–H groups in total. The molecule has 0 bridgehead atoms. The van der Waals surface area contributed by atoms with Crippen LogP contribution in [0.25, 0.3) is 0 Å². The van der Waals surface area contributed by atoms with Crippen molar-refractivity contribution in [3.8, 4) is 0 Å². The molecule has 5 nitrogen and oxygen atoms in total. The maximum absolute atomic E-state index is 11.3. The molecule has 0 aromatic rings. The Labute approximate surface area is 106 Å². The molecule has 2 unspecified atom stereocenters. The number of hydrogen-bond donors (Lipinski definition) is 2. The Kier molecular flexibility index (Phi) is 5.09. The van der Waals surface area contributed by atoms with Gasteiger partial charge in [-0.2, -0.15) is 11.8 Å². The average Bonchev–Trinajstić information content (AvgIpc) is 2.85. The van der Waals surface area contributed by atoms with Crippen molar-refractivity contribution in [2.45, 2.75) is 43.1 Å². The molecule has 2 heterocycles. The molecular weight excluding hydrogens is 240 g/mol. The van der Waals surface area contributed by atoms with Gasteiger partial charge in [0.2, 0.25) is 0 Å². The third-order valence-electron chi connectivity index (χ3n) is 3.23. The summed E-state index contributed by atoms with van der Waals surface area (Å²) in [6.07, 6.45) is 3.84. The highest BCUT2D eigenvalue weighted by Crippen LogP contribution is 2.28. The van der Waals surface area contributed by atoms with Crippen LogP contribution < -0.4 is 11.3 Å². The van der Waals surface area contributed by atoms with E-state index in [-0.39, 0.29) is 18.1 Å². The lowest BCUT2D eigenvalue weighted by molar-refractivity contribution is -0.131. The first kappa shape index (κ1) is 13.1. The van der Waals surface area contributed by atoms with Crippen LogP contribution >= 0.6 is 11.8 Å². The number of hydrazine groups is 1. The summed E-state index contributed by atoms with van der Waals surface area (Å²) in [6, 6.07) is 0. The van der Waals surface area contributed by atoms with Crippen LogP contribution in [-0.2, 0) is 14.3 Å². The molecule has 0 aromatic heterocycles. The van der Waals surface area contributed by atoms with E-state index in [9.17, 15) is 4.79 Å². The SMILES string of the molecule is NNC(=O)C1CCC(CSC2CCOCC2)O1. The molecule has 98 valence electrons. The number of thioether (sulfide) groups is 1. The standard InChI is InChI=1S/C11H20N2O3S/c12-13-11(14)10-2-1-8(16-10)7-17-9-3-5-15-6-4-9/h8-10H,1-7,12H2,(H,13,14). The van der Waals surface area contributed by atoms with Crippen LogP contribution in [0, 0.1) is 0 Å². The van der Waals surface area contributed by atoms with Gasteiger partial charge < -0.3 is 9.47 Å². The molecule has 2 atom stereocenters. The lowest BCUT2D eigenvalue weighted by atomic mass is 10.2. The van der Waals surface area contributed by atoms with Gasteiger partial charge in [0.25, 0.3) is 5.91 Å². The number of nitrogens with two attached hydrogens (primary N) is 1. The Balaban J connectivity index is 1.65. The summed E-state index contributed by atoms with van der Waals surface area (Å²) in [5, 5.41) is 0.690. The molecule has 2 rings (SSSR count). The average molecular weight is 260 g/mol. The topological polar surface area (TPSA) is 73.6 Å². The highest BCUT2D eigenvalue weighted by molar-refractivity contribution is 7.99. The van der Waals surface area contributed by atoms with Crippen LogP contribution in [0.4, 0.5) is 0 Å². The molecular formula is C11H20N2O3S. The monoisotopic (exact) mass is 260 g/mol. The van der Waals surface area contributed by atoms with Crippen molar-refractivity contribution in [2.75, 3.05) is 19.0 Å². The number of hydrogen-bond acceptors (Lipinski definition) is 5. The molecule has 6 heteroatoms. The van der Waals surface area contributed by atoms with Gasteiger partial charge in [-0.25, -0.2) is 5.84 Å². The van der Waals surface area contributed by atoms with Crippen LogP contribution in [0.2, 0.25) is 0 Å². The predicted octanol–water partition coefficient (Wildman–Crippen LogP) is 0.436. The molecule has 0 radical (unpaired) electrons. The van der Waals surface area contributed by atoms with Crippen molar-refractivity contribution < 1.29 is 14.3 Å². The smallest absolute Gasteiger partial charge is 0.263 e. The number of carbonyl (C=O) groups is 1. The third-order valence-corrected chi connectivity index (χ3v) is 4.74. The van der Waals surface area contributed by atoms with Gasteiger partial charge in [0.05, 0.1) is 6.10 Å². The summed E-state index contributed by atoms with van der Waals surface area (Å²) >= 11 is 1.95. The van der Waals surface area contributed by atoms with Crippen molar-refractivity contribution in [1.29, 1.82) is 0 Å². The fraction of sp³-hybridized carbons (Fsp3) is 0.909. The van der Waals surface area contributed by atoms with Gasteiger partial charge >= 0.3 is 0 Å². The molecule has 17 heavy (non-hydrogen) atoms. The van der Waals surface area contributed by atoms with Crippen LogP contribution in [0.5, 0.6) is 0 Å². The van der Waals surface area contributed by atoms with Gasteiger partial charge in [-0.3, -0.25) is 10.2 Å². The highest BCUT2D eigenvalue weighted by Gasteiger charge is 2.30. The molecule has 1 amide bonds. The lowest BCUT2D eigenvalue weighted by Gasteiger charge is -2.22. The zero-order valence-corrected chi connectivity index (χ0v) is 10.7. The lowest BCUT2D eigenvalue weighted by Crippen LogP contribution is -2.39.